The topological polar surface area (TPSA) is 0 Å². The predicted octanol–water partition coefficient (Wildman–Crippen LogP) is 3.56. The Morgan fingerprint density at radius 1 is 1.29 bits per heavy atom. The van der Waals surface area contributed by atoms with E-state index < -0.39 is 0 Å². The van der Waals surface area contributed by atoms with Crippen LogP contribution in [0.25, 0.3) is 0 Å². The van der Waals surface area contributed by atoms with Crippen molar-refractivity contribution in [1.29, 1.82) is 0 Å². The number of halogens is 1. The van der Waals surface area contributed by atoms with Crippen LogP contribution in [0.1, 0.15) is 25.3 Å². The molecule has 1 saturated carbocycles. The fraction of sp³-hybridized carbons (Fsp3) is 0.500. The third kappa shape index (κ3) is 1.77. The Morgan fingerprint density at radius 2 is 1.86 bits per heavy atom. The molecule has 0 aliphatic heterocycles. The molecule has 0 saturated heterocycles. The van der Waals surface area contributed by atoms with Gasteiger partial charge in [0.2, 0.25) is 0 Å². The maximum Gasteiger partial charge on any atom is 0.130 e. The maximum atomic E-state index is 3.49. The van der Waals surface area contributed by atoms with E-state index >= 15 is 0 Å². The van der Waals surface area contributed by atoms with Crippen LogP contribution in [0.2, 0.25) is 6.82 Å². The Hall–Kier alpha value is -0.235. The summed E-state index contributed by atoms with van der Waals surface area (Å²) in [5.74, 6) is 0.925. The van der Waals surface area contributed by atoms with Crippen LogP contribution in [0.5, 0.6) is 0 Å². The smallest absolute Gasteiger partial charge is 0.0885 e. The van der Waals surface area contributed by atoms with Gasteiger partial charge in [0.25, 0.3) is 0 Å². The zero-order valence-corrected chi connectivity index (χ0v) is 10.5. The highest BCUT2D eigenvalue weighted by molar-refractivity contribution is 9.10. The molecule has 1 aliphatic carbocycles. The molecule has 1 aliphatic rings. The average Bonchev–Trinajstić information content (AvgIpc) is 3.01. The molecule has 0 amide bonds. The van der Waals surface area contributed by atoms with Crippen molar-refractivity contribution in [1.82, 2.24) is 0 Å². The summed E-state index contributed by atoms with van der Waals surface area (Å²) in [5, 5.41) is 0.417. The second kappa shape index (κ2) is 3.73. The molecule has 2 heteroatoms. The van der Waals surface area contributed by atoms with Crippen LogP contribution >= 0.6 is 15.9 Å². The Labute approximate surface area is 95.5 Å². The number of rotatable bonds is 3. The molecule has 1 aromatic carbocycles. The lowest BCUT2D eigenvalue weighted by molar-refractivity contribution is 0.577. The minimum Gasteiger partial charge on any atom is -0.0885 e. The molecular formula is C12H16BBr. The van der Waals surface area contributed by atoms with Crippen LogP contribution in [-0.2, 0) is 5.31 Å². The largest absolute Gasteiger partial charge is 0.130 e. The minimum absolute atomic E-state index is 0.417. The first-order chi connectivity index (χ1) is 6.66. The van der Waals surface area contributed by atoms with E-state index in [1.807, 2.05) is 0 Å². The summed E-state index contributed by atoms with van der Waals surface area (Å²) in [4.78, 5) is 0. The third-order valence-electron chi connectivity index (χ3n) is 3.72. The zero-order chi connectivity index (χ0) is 10.2. The lowest BCUT2D eigenvalue weighted by Crippen LogP contribution is -2.30. The highest BCUT2D eigenvalue weighted by Crippen LogP contribution is 2.46. The van der Waals surface area contributed by atoms with E-state index in [-0.39, 0.29) is 0 Å². The van der Waals surface area contributed by atoms with Gasteiger partial charge in [0.05, 0.1) is 0 Å². The molecular weight excluding hydrogens is 235 g/mol. The predicted molar refractivity (Wildman–Crippen MR) is 67.2 cm³/mol. The Bertz CT molecular complexity index is 316. The molecule has 74 valence electrons. The van der Waals surface area contributed by atoms with Crippen LogP contribution in [0.4, 0.5) is 0 Å². The third-order valence-corrected chi connectivity index (χ3v) is 4.25. The fourth-order valence-corrected chi connectivity index (χ4v) is 2.54. The molecule has 0 spiro atoms. The molecule has 1 fully saturated rings. The van der Waals surface area contributed by atoms with Crippen molar-refractivity contribution in [3.63, 3.8) is 0 Å². The molecule has 0 unspecified atom stereocenters. The SMILES string of the molecule is CB[C@@](C)(c1ccc(Br)cc1)C1CC1. The standard InChI is InChI=1S/C12H16BBr/c1-12(13-2,9-3-4-9)10-5-7-11(14)8-6-10/h5-9,13H,3-4H2,1-2H3/t12-/m1/s1. The normalized spacial score (nSPS) is 20.2. The number of hydrogen-bond acceptors (Lipinski definition) is 0. The molecule has 0 aromatic heterocycles. The quantitative estimate of drug-likeness (QED) is 0.720. The average molecular weight is 251 g/mol. The summed E-state index contributed by atoms with van der Waals surface area (Å²) in [6, 6.07) is 8.86. The van der Waals surface area contributed by atoms with Gasteiger partial charge in [0, 0.05) is 4.47 Å². The van der Waals surface area contributed by atoms with Crippen molar-refractivity contribution in [2.45, 2.75) is 31.9 Å². The van der Waals surface area contributed by atoms with Gasteiger partial charge in [0.15, 0.2) is 0 Å². The van der Waals surface area contributed by atoms with Crippen molar-refractivity contribution in [2.24, 2.45) is 5.92 Å². The van der Waals surface area contributed by atoms with Gasteiger partial charge in [-0.3, -0.25) is 0 Å². The van der Waals surface area contributed by atoms with E-state index in [4.69, 9.17) is 0 Å². The summed E-state index contributed by atoms with van der Waals surface area (Å²) >= 11 is 3.49. The van der Waals surface area contributed by atoms with Gasteiger partial charge in [-0.1, -0.05) is 54.7 Å². The van der Waals surface area contributed by atoms with E-state index in [1.165, 1.54) is 30.2 Å². The van der Waals surface area contributed by atoms with Crippen molar-refractivity contribution < 1.29 is 0 Å². The van der Waals surface area contributed by atoms with Crippen LogP contribution in [0, 0.1) is 5.92 Å². The van der Waals surface area contributed by atoms with Gasteiger partial charge >= 0.3 is 0 Å². The van der Waals surface area contributed by atoms with Crippen molar-refractivity contribution in [3.05, 3.63) is 34.3 Å². The first-order valence-corrected chi connectivity index (χ1v) is 6.22. The first kappa shape index (κ1) is 10.3. The van der Waals surface area contributed by atoms with Crippen LogP contribution in [0.3, 0.4) is 0 Å². The molecule has 0 radical (unpaired) electrons. The van der Waals surface area contributed by atoms with E-state index in [0.717, 1.165) is 5.92 Å². The lowest BCUT2D eigenvalue weighted by Gasteiger charge is -2.28. The minimum atomic E-state index is 0.417. The van der Waals surface area contributed by atoms with E-state index in [1.54, 1.807) is 0 Å². The molecule has 0 N–H and O–H groups in total. The summed E-state index contributed by atoms with van der Waals surface area (Å²) < 4.78 is 1.18. The van der Waals surface area contributed by atoms with Gasteiger partial charge in [-0.2, -0.15) is 0 Å². The lowest BCUT2D eigenvalue weighted by atomic mass is 9.49. The molecule has 14 heavy (non-hydrogen) atoms. The zero-order valence-electron chi connectivity index (χ0n) is 8.89. The number of hydrogen-bond donors (Lipinski definition) is 0. The van der Waals surface area contributed by atoms with E-state index in [9.17, 15) is 0 Å². The Balaban J connectivity index is 2.31. The van der Waals surface area contributed by atoms with Gasteiger partial charge in [-0.25, -0.2) is 0 Å². The van der Waals surface area contributed by atoms with Crippen LogP contribution in [0.15, 0.2) is 28.7 Å². The molecule has 0 bridgehead atoms. The maximum absolute atomic E-state index is 3.49. The summed E-state index contributed by atoms with van der Waals surface area (Å²) in [5.41, 5.74) is 1.51. The van der Waals surface area contributed by atoms with E-state index in [0.29, 0.717) is 5.31 Å². The monoisotopic (exact) mass is 250 g/mol. The summed E-state index contributed by atoms with van der Waals surface area (Å²) in [7, 11) is 1.25. The van der Waals surface area contributed by atoms with Crippen molar-refractivity contribution in [2.75, 3.05) is 0 Å². The highest BCUT2D eigenvalue weighted by Gasteiger charge is 2.41. The van der Waals surface area contributed by atoms with Crippen LogP contribution < -0.4 is 0 Å². The van der Waals surface area contributed by atoms with Gasteiger partial charge < -0.3 is 0 Å². The van der Waals surface area contributed by atoms with E-state index in [2.05, 4.69) is 53.9 Å². The van der Waals surface area contributed by atoms with Crippen LogP contribution in [-0.4, -0.2) is 7.28 Å². The van der Waals surface area contributed by atoms with Gasteiger partial charge in [0.1, 0.15) is 7.28 Å². The molecule has 0 nitrogen and oxygen atoms in total. The van der Waals surface area contributed by atoms with Crippen molar-refractivity contribution in [3.8, 4) is 0 Å². The fourth-order valence-electron chi connectivity index (χ4n) is 2.28. The second-order valence-corrected chi connectivity index (χ2v) is 5.47. The molecule has 2 rings (SSSR count). The van der Waals surface area contributed by atoms with Crippen molar-refractivity contribution >= 4 is 23.2 Å². The summed E-state index contributed by atoms with van der Waals surface area (Å²) in [6.07, 6.45) is 2.83. The first-order valence-electron chi connectivity index (χ1n) is 5.43. The second-order valence-electron chi connectivity index (χ2n) is 4.55. The Morgan fingerprint density at radius 3 is 2.29 bits per heavy atom. The van der Waals surface area contributed by atoms with Gasteiger partial charge in [-0.15, -0.1) is 0 Å². The highest BCUT2D eigenvalue weighted by atomic mass is 79.9. The molecule has 1 atom stereocenters. The van der Waals surface area contributed by atoms with Gasteiger partial charge in [-0.05, 0) is 28.9 Å². The number of benzene rings is 1. The molecule has 1 aromatic rings. The molecule has 0 heterocycles. The summed E-state index contributed by atoms with van der Waals surface area (Å²) in [6.45, 7) is 4.72. The Kier molecular flexibility index (Phi) is 2.74.